The molecule has 2 aliphatic rings. The van der Waals surface area contributed by atoms with Gasteiger partial charge >= 0.3 is 0 Å². The number of hydrogen-bond donors (Lipinski definition) is 0. The van der Waals surface area contributed by atoms with E-state index in [1.165, 1.54) is 5.56 Å². The van der Waals surface area contributed by atoms with Gasteiger partial charge in [-0.15, -0.1) is 11.3 Å². The molecule has 0 aromatic carbocycles. The lowest BCUT2D eigenvalue weighted by Gasteiger charge is -2.31. The number of amides is 1. The molecular weight excluding hydrogens is 398 g/mol. The Bertz CT molecular complexity index is 1050. The van der Waals surface area contributed by atoms with Crippen molar-refractivity contribution in [3.8, 4) is 0 Å². The lowest BCUT2D eigenvalue weighted by atomic mass is 9.79. The number of carbonyl (C=O) groups is 1. The van der Waals surface area contributed by atoms with Gasteiger partial charge in [0.1, 0.15) is 6.04 Å². The van der Waals surface area contributed by atoms with E-state index in [0.717, 1.165) is 60.6 Å². The second-order valence-electron chi connectivity index (χ2n) is 8.56. The standard InChI is InChI=1S/C22H27N5O2S/c1-14-12-26-21(24-14)10-17(11-23-26)9-16-3-5-18(6-4-16)22(28)27-20(7-8-29-27)19-13-30-15(2)25-19/h10-13,16,18,20H,3-9H2,1-2H3/t16?,18?,20-/m0/s1. The zero-order valence-electron chi connectivity index (χ0n) is 17.5. The largest absolute Gasteiger partial charge is 0.272 e. The Morgan fingerprint density at radius 2 is 2.03 bits per heavy atom. The number of hydrogen-bond acceptors (Lipinski definition) is 6. The molecule has 0 bridgehead atoms. The Labute approximate surface area is 180 Å². The number of thiazole rings is 1. The van der Waals surface area contributed by atoms with Crippen LogP contribution < -0.4 is 0 Å². The van der Waals surface area contributed by atoms with E-state index in [9.17, 15) is 4.79 Å². The molecule has 1 aliphatic carbocycles. The molecule has 0 radical (unpaired) electrons. The monoisotopic (exact) mass is 425 g/mol. The van der Waals surface area contributed by atoms with Gasteiger partial charge in [-0.1, -0.05) is 0 Å². The molecule has 1 atom stereocenters. The molecular formula is C22H27N5O2S. The van der Waals surface area contributed by atoms with Gasteiger partial charge in [-0.05, 0) is 63.5 Å². The predicted molar refractivity (Wildman–Crippen MR) is 114 cm³/mol. The van der Waals surface area contributed by atoms with Gasteiger partial charge in [-0.25, -0.2) is 19.5 Å². The maximum Gasteiger partial charge on any atom is 0.249 e. The molecule has 0 N–H and O–H groups in total. The molecule has 3 aromatic heterocycles. The van der Waals surface area contributed by atoms with Crippen LogP contribution in [0.5, 0.6) is 0 Å². The first-order valence-corrected chi connectivity index (χ1v) is 11.6. The lowest BCUT2D eigenvalue weighted by Crippen LogP contribution is -2.36. The summed E-state index contributed by atoms with van der Waals surface area (Å²) in [6.45, 7) is 4.57. The lowest BCUT2D eigenvalue weighted by molar-refractivity contribution is -0.183. The molecule has 30 heavy (non-hydrogen) atoms. The summed E-state index contributed by atoms with van der Waals surface area (Å²) in [5, 5.41) is 9.18. The fraction of sp³-hybridized carbons (Fsp3) is 0.545. The third-order valence-electron chi connectivity index (χ3n) is 6.32. The van der Waals surface area contributed by atoms with Crippen LogP contribution in [0.2, 0.25) is 0 Å². The summed E-state index contributed by atoms with van der Waals surface area (Å²) >= 11 is 1.63. The van der Waals surface area contributed by atoms with Gasteiger partial charge in [0, 0.05) is 17.7 Å². The normalized spacial score (nSPS) is 24.6. The number of aromatic nitrogens is 4. The molecule has 1 amide bonds. The van der Waals surface area contributed by atoms with Crippen LogP contribution in [0.4, 0.5) is 0 Å². The van der Waals surface area contributed by atoms with Crippen molar-refractivity contribution in [3.63, 3.8) is 0 Å². The average molecular weight is 426 g/mol. The molecule has 1 saturated carbocycles. The number of imidazole rings is 1. The molecule has 1 saturated heterocycles. The van der Waals surface area contributed by atoms with Gasteiger partial charge in [-0.2, -0.15) is 5.10 Å². The molecule has 1 aliphatic heterocycles. The number of carbonyl (C=O) groups excluding carboxylic acids is 1. The fourth-order valence-corrected chi connectivity index (χ4v) is 5.42. The van der Waals surface area contributed by atoms with Gasteiger partial charge in [0.25, 0.3) is 0 Å². The zero-order chi connectivity index (χ0) is 20.7. The van der Waals surface area contributed by atoms with Gasteiger partial charge in [0.05, 0.1) is 35.4 Å². The highest BCUT2D eigenvalue weighted by atomic mass is 32.1. The Balaban J connectivity index is 1.19. The molecule has 0 spiro atoms. The van der Waals surface area contributed by atoms with Crippen molar-refractivity contribution in [2.45, 2.75) is 58.4 Å². The maximum atomic E-state index is 13.2. The van der Waals surface area contributed by atoms with E-state index in [1.807, 2.05) is 30.8 Å². The third kappa shape index (κ3) is 3.86. The summed E-state index contributed by atoms with van der Waals surface area (Å²) in [5.74, 6) is 0.778. The van der Waals surface area contributed by atoms with Gasteiger partial charge in [0.2, 0.25) is 5.91 Å². The highest BCUT2D eigenvalue weighted by Gasteiger charge is 2.38. The summed E-state index contributed by atoms with van der Waals surface area (Å²) in [6, 6.07) is 2.10. The smallest absolute Gasteiger partial charge is 0.249 e. The highest BCUT2D eigenvalue weighted by Crippen LogP contribution is 2.37. The van der Waals surface area contributed by atoms with Crippen LogP contribution in [0.1, 0.15) is 60.1 Å². The minimum absolute atomic E-state index is 0.0315. The van der Waals surface area contributed by atoms with Crippen LogP contribution in [0.25, 0.3) is 5.65 Å². The van der Waals surface area contributed by atoms with Crippen molar-refractivity contribution < 1.29 is 9.63 Å². The van der Waals surface area contributed by atoms with E-state index in [0.29, 0.717) is 12.5 Å². The van der Waals surface area contributed by atoms with E-state index < -0.39 is 0 Å². The quantitative estimate of drug-likeness (QED) is 0.630. The number of fused-ring (bicyclic) bond motifs is 1. The van der Waals surface area contributed by atoms with Crippen LogP contribution in [0.15, 0.2) is 23.8 Å². The minimum atomic E-state index is -0.0315. The summed E-state index contributed by atoms with van der Waals surface area (Å²) < 4.78 is 1.82. The number of nitrogens with zero attached hydrogens (tertiary/aromatic N) is 5. The Morgan fingerprint density at radius 1 is 1.20 bits per heavy atom. The fourth-order valence-electron chi connectivity index (χ4n) is 4.76. The molecule has 2 fully saturated rings. The van der Waals surface area contributed by atoms with Crippen LogP contribution in [-0.4, -0.2) is 37.2 Å². The number of rotatable bonds is 4. The first kappa shape index (κ1) is 19.6. The van der Waals surface area contributed by atoms with Crippen LogP contribution in [0.3, 0.4) is 0 Å². The van der Waals surface area contributed by atoms with Gasteiger partial charge in [0.15, 0.2) is 5.65 Å². The number of aryl methyl sites for hydroxylation is 2. The molecule has 4 heterocycles. The van der Waals surface area contributed by atoms with Crippen molar-refractivity contribution in [2.75, 3.05) is 6.61 Å². The van der Waals surface area contributed by atoms with E-state index >= 15 is 0 Å². The SMILES string of the molecule is Cc1cn2ncc(CC3CCC(C(=O)N4OCC[C@H]4c4csc(C)n4)CC3)cc2n1. The average Bonchev–Trinajstić information content (AvgIpc) is 3.46. The molecule has 7 nitrogen and oxygen atoms in total. The van der Waals surface area contributed by atoms with E-state index in [2.05, 4.69) is 26.5 Å². The zero-order valence-corrected chi connectivity index (χ0v) is 18.3. The summed E-state index contributed by atoms with van der Waals surface area (Å²) in [6.07, 6.45) is 9.67. The van der Waals surface area contributed by atoms with Crippen molar-refractivity contribution in [1.29, 1.82) is 0 Å². The van der Waals surface area contributed by atoms with Crippen molar-refractivity contribution >= 4 is 22.9 Å². The highest BCUT2D eigenvalue weighted by molar-refractivity contribution is 7.09. The first-order valence-electron chi connectivity index (χ1n) is 10.8. The topological polar surface area (TPSA) is 72.6 Å². The maximum absolute atomic E-state index is 13.2. The third-order valence-corrected chi connectivity index (χ3v) is 7.11. The number of hydroxylamine groups is 2. The van der Waals surface area contributed by atoms with E-state index in [1.54, 1.807) is 16.4 Å². The summed E-state index contributed by atoms with van der Waals surface area (Å²) in [5.41, 5.74) is 4.08. The van der Waals surface area contributed by atoms with Gasteiger partial charge < -0.3 is 0 Å². The second-order valence-corrected chi connectivity index (χ2v) is 9.63. The first-order chi connectivity index (χ1) is 14.6. The molecule has 0 unspecified atom stereocenters. The predicted octanol–water partition coefficient (Wildman–Crippen LogP) is 4.06. The van der Waals surface area contributed by atoms with Crippen molar-refractivity contribution in [3.05, 3.63) is 45.8 Å². The van der Waals surface area contributed by atoms with Crippen LogP contribution in [0, 0.1) is 25.7 Å². The Kier molecular flexibility index (Phi) is 5.28. The Hall–Kier alpha value is -2.32. The Morgan fingerprint density at radius 3 is 2.80 bits per heavy atom. The second kappa shape index (κ2) is 8.07. The summed E-state index contributed by atoms with van der Waals surface area (Å²) in [4.78, 5) is 28.0. The molecule has 158 valence electrons. The van der Waals surface area contributed by atoms with E-state index in [4.69, 9.17) is 4.84 Å². The minimum Gasteiger partial charge on any atom is -0.272 e. The molecule has 5 rings (SSSR count). The molecule has 3 aromatic rings. The van der Waals surface area contributed by atoms with Crippen LogP contribution >= 0.6 is 11.3 Å². The van der Waals surface area contributed by atoms with Crippen molar-refractivity contribution in [2.24, 2.45) is 11.8 Å². The molecule has 8 heteroatoms. The van der Waals surface area contributed by atoms with E-state index in [-0.39, 0.29) is 17.9 Å². The van der Waals surface area contributed by atoms with Gasteiger partial charge in [-0.3, -0.25) is 9.63 Å². The summed E-state index contributed by atoms with van der Waals surface area (Å²) in [7, 11) is 0. The van der Waals surface area contributed by atoms with Crippen molar-refractivity contribution in [1.82, 2.24) is 24.6 Å². The van der Waals surface area contributed by atoms with Crippen LogP contribution in [-0.2, 0) is 16.1 Å².